The van der Waals surface area contributed by atoms with Gasteiger partial charge in [0.1, 0.15) is 11.0 Å². The fraction of sp³-hybridized carbons (Fsp3) is 0.375. The summed E-state index contributed by atoms with van der Waals surface area (Å²) in [7, 11) is 0. The molecule has 2 aromatic rings. The van der Waals surface area contributed by atoms with Gasteiger partial charge in [-0.1, -0.05) is 41.9 Å². The SMILES string of the molecule is CC1CCCCN1c1cc(Cl)nc(-c2ccccc2)n1. The van der Waals surface area contributed by atoms with Crippen LogP contribution in [0.4, 0.5) is 5.82 Å². The maximum absolute atomic E-state index is 6.19. The zero-order chi connectivity index (χ0) is 13.9. The lowest BCUT2D eigenvalue weighted by Crippen LogP contribution is -2.38. The third-order valence-corrected chi connectivity index (χ3v) is 4.00. The first kappa shape index (κ1) is 13.4. The van der Waals surface area contributed by atoms with E-state index in [9.17, 15) is 0 Å². The van der Waals surface area contributed by atoms with Crippen LogP contribution >= 0.6 is 11.6 Å². The largest absolute Gasteiger partial charge is 0.354 e. The zero-order valence-corrected chi connectivity index (χ0v) is 12.3. The summed E-state index contributed by atoms with van der Waals surface area (Å²) >= 11 is 6.19. The highest BCUT2D eigenvalue weighted by atomic mass is 35.5. The van der Waals surface area contributed by atoms with Crippen LogP contribution < -0.4 is 4.90 Å². The molecule has 1 fully saturated rings. The summed E-state index contributed by atoms with van der Waals surface area (Å²) in [5, 5.41) is 0.506. The van der Waals surface area contributed by atoms with Gasteiger partial charge in [-0.15, -0.1) is 0 Å². The maximum atomic E-state index is 6.19. The van der Waals surface area contributed by atoms with Gasteiger partial charge >= 0.3 is 0 Å². The normalized spacial score (nSPS) is 19.1. The molecule has 0 bridgehead atoms. The van der Waals surface area contributed by atoms with Crippen molar-refractivity contribution < 1.29 is 0 Å². The topological polar surface area (TPSA) is 29.0 Å². The minimum Gasteiger partial charge on any atom is -0.354 e. The first-order chi connectivity index (χ1) is 9.74. The fourth-order valence-corrected chi connectivity index (χ4v) is 2.89. The Labute approximate surface area is 124 Å². The van der Waals surface area contributed by atoms with Gasteiger partial charge in [-0.05, 0) is 26.2 Å². The number of piperidine rings is 1. The van der Waals surface area contributed by atoms with Crippen LogP contribution in [0.5, 0.6) is 0 Å². The Kier molecular flexibility index (Phi) is 3.88. The molecule has 3 rings (SSSR count). The molecular weight excluding hydrogens is 270 g/mol. The Bertz CT molecular complexity index is 586. The van der Waals surface area contributed by atoms with Crippen LogP contribution in [0, 0.1) is 0 Å². The van der Waals surface area contributed by atoms with Crippen molar-refractivity contribution in [2.45, 2.75) is 32.2 Å². The summed E-state index contributed by atoms with van der Waals surface area (Å²) in [4.78, 5) is 11.4. The van der Waals surface area contributed by atoms with Gasteiger partial charge < -0.3 is 4.90 Å². The summed E-state index contributed by atoms with van der Waals surface area (Å²) < 4.78 is 0. The molecule has 0 radical (unpaired) electrons. The van der Waals surface area contributed by atoms with Crippen LogP contribution in [0.2, 0.25) is 5.15 Å². The van der Waals surface area contributed by atoms with Gasteiger partial charge in [-0.3, -0.25) is 0 Å². The van der Waals surface area contributed by atoms with E-state index >= 15 is 0 Å². The lowest BCUT2D eigenvalue weighted by atomic mass is 10.0. The number of halogens is 1. The number of hydrogen-bond acceptors (Lipinski definition) is 3. The molecular formula is C16H18ClN3. The van der Waals surface area contributed by atoms with E-state index in [4.69, 9.17) is 16.6 Å². The summed E-state index contributed by atoms with van der Waals surface area (Å²) in [5.74, 6) is 1.64. The van der Waals surface area contributed by atoms with Gasteiger partial charge in [-0.2, -0.15) is 0 Å². The van der Waals surface area contributed by atoms with Gasteiger partial charge in [0.05, 0.1) is 0 Å². The molecule has 0 spiro atoms. The highest BCUT2D eigenvalue weighted by Gasteiger charge is 2.20. The molecule has 1 aliphatic rings. The molecule has 3 nitrogen and oxygen atoms in total. The maximum Gasteiger partial charge on any atom is 0.163 e. The molecule has 4 heteroatoms. The molecule has 1 saturated heterocycles. The van der Waals surface area contributed by atoms with Crippen LogP contribution in [-0.2, 0) is 0 Å². The summed E-state index contributed by atoms with van der Waals surface area (Å²) in [6.07, 6.45) is 3.72. The van der Waals surface area contributed by atoms with E-state index in [2.05, 4.69) is 16.8 Å². The van der Waals surface area contributed by atoms with E-state index in [1.807, 2.05) is 36.4 Å². The number of benzene rings is 1. The van der Waals surface area contributed by atoms with E-state index < -0.39 is 0 Å². The first-order valence-corrected chi connectivity index (χ1v) is 7.48. The van der Waals surface area contributed by atoms with Crippen LogP contribution in [0.25, 0.3) is 11.4 Å². The fourth-order valence-electron chi connectivity index (χ4n) is 2.71. The molecule has 0 N–H and O–H groups in total. The van der Waals surface area contributed by atoms with Gasteiger partial charge in [0, 0.05) is 24.2 Å². The molecule has 0 aliphatic carbocycles. The number of hydrogen-bond donors (Lipinski definition) is 0. The van der Waals surface area contributed by atoms with Crippen LogP contribution in [0.1, 0.15) is 26.2 Å². The summed E-state index contributed by atoms with van der Waals surface area (Å²) in [6, 6.07) is 12.4. The molecule has 104 valence electrons. The third-order valence-electron chi connectivity index (χ3n) is 3.81. The molecule has 0 amide bonds. The molecule has 1 aliphatic heterocycles. The van der Waals surface area contributed by atoms with E-state index in [1.54, 1.807) is 0 Å². The second-order valence-electron chi connectivity index (χ2n) is 5.28. The van der Waals surface area contributed by atoms with Crippen molar-refractivity contribution in [3.63, 3.8) is 0 Å². The predicted molar refractivity (Wildman–Crippen MR) is 83.1 cm³/mol. The molecule has 1 unspecified atom stereocenters. The van der Waals surface area contributed by atoms with Crippen molar-refractivity contribution in [2.75, 3.05) is 11.4 Å². The summed E-state index contributed by atoms with van der Waals surface area (Å²) in [5.41, 5.74) is 1.00. The minimum absolute atomic E-state index is 0.506. The minimum atomic E-state index is 0.506. The van der Waals surface area contributed by atoms with Crippen molar-refractivity contribution in [2.24, 2.45) is 0 Å². The van der Waals surface area contributed by atoms with E-state index in [0.717, 1.165) is 17.9 Å². The number of aromatic nitrogens is 2. The van der Waals surface area contributed by atoms with Crippen molar-refractivity contribution in [3.05, 3.63) is 41.6 Å². The third kappa shape index (κ3) is 2.78. The molecule has 20 heavy (non-hydrogen) atoms. The number of nitrogens with zero attached hydrogens (tertiary/aromatic N) is 3. The van der Waals surface area contributed by atoms with Crippen LogP contribution in [-0.4, -0.2) is 22.6 Å². The van der Waals surface area contributed by atoms with Gasteiger partial charge in [-0.25, -0.2) is 9.97 Å². The van der Waals surface area contributed by atoms with Crippen LogP contribution in [0.15, 0.2) is 36.4 Å². The smallest absolute Gasteiger partial charge is 0.163 e. The highest BCUT2D eigenvalue weighted by Crippen LogP contribution is 2.27. The van der Waals surface area contributed by atoms with Crippen LogP contribution in [0.3, 0.4) is 0 Å². The van der Waals surface area contributed by atoms with Crippen molar-refractivity contribution in [3.8, 4) is 11.4 Å². The highest BCUT2D eigenvalue weighted by molar-refractivity contribution is 6.29. The van der Waals surface area contributed by atoms with E-state index in [-0.39, 0.29) is 0 Å². The average molecular weight is 288 g/mol. The van der Waals surface area contributed by atoms with E-state index in [0.29, 0.717) is 17.0 Å². The predicted octanol–water partition coefficient (Wildman–Crippen LogP) is 4.18. The van der Waals surface area contributed by atoms with Gasteiger partial charge in [0.2, 0.25) is 0 Å². The van der Waals surface area contributed by atoms with E-state index in [1.165, 1.54) is 19.3 Å². The molecule has 0 saturated carbocycles. The first-order valence-electron chi connectivity index (χ1n) is 7.11. The Morgan fingerprint density at radius 1 is 1.15 bits per heavy atom. The molecule has 1 aromatic heterocycles. The molecule has 2 heterocycles. The lowest BCUT2D eigenvalue weighted by molar-refractivity contribution is 0.481. The zero-order valence-electron chi connectivity index (χ0n) is 11.6. The van der Waals surface area contributed by atoms with Gasteiger partial charge in [0.25, 0.3) is 0 Å². The number of rotatable bonds is 2. The molecule has 1 atom stereocenters. The second-order valence-corrected chi connectivity index (χ2v) is 5.66. The molecule has 1 aromatic carbocycles. The Hall–Kier alpha value is -1.61. The monoisotopic (exact) mass is 287 g/mol. The average Bonchev–Trinajstić information content (AvgIpc) is 2.48. The summed E-state index contributed by atoms with van der Waals surface area (Å²) in [6.45, 7) is 3.29. The second kappa shape index (κ2) is 5.80. The quantitative estimate of drug-likeness (QED) is 0.776. The van der Waals surface area contributed by atoms with Crippen molar-refractivity contribution in [1.29, 1.82) is 0 Å². The van der Waals surface area contributed by atoms with Crippen molar-refractivity contribution in [1.82, 2.24) is 9.97 Å². The van der Waals surface area contributed by atoms with Gasteiger partial charge in [0.15, 0.2) is 5.82 Å². The van der Waals surface area contributed by atoms with Crippen molar-refractivity contribution >= 4 is 17.4 Å². The Morgan fingerprint density at radius 2 is 1.95 bits per heavy atom. The lowest BCUT2D eigenvalue weighted by Gasteiger charge is -2.34. The number of anilines is 1. The standard InChI is InChI=1S/C16H18ClN3/c1-12-7-5-6-10-20(12)15-11-14(17)18-16(19-15)13-8-3-2-4-9-13/h2-4,8-9,11-12H,5-7,10H2,1H3. The Morgan fingerprint density at radius 3 is 2.70 bits per heavy atom. The Balaban J connectivity index is 1.98.